The van der Waals surface area contributed by atoms with E-state index in [4.69, 9.17) is 9.15 Å². The minimum absolute atomic E-state index is 0.503. The molecule has 0 saturated heterocycles. The summed E-state index contributed by atoms with van der Waals surface area (Å²) in [5.74, 6) is 0.986. The van der Waals surface area contributed by atoms with Crippen molar-refractivity contribution >= 4 is 0 Å². The number of furan rings is 1. The van der Waals surface area contributed by atoms with Crippen molar-refractivity contribution in [3.05, 3.63) is 24.2 Å². The van der Waals surface area contributed by atoms with Gasteiger partial charge in [0.15, 0.2) is 0 Å². The Kier molecular flexibility index (Phi) is 5.59. The van der Waals surface area contributed by atoms with Crippen molar-refractivity contribution in [3.63, 3.8) is 0 Å². The maximum atomic E-state index is 5.89. The Morgan fingerprint density at radius 1 is 1.24 bits per heavy atom. The first-order valence-corrected chi connectivity index (χ1v) is 6.80. The van der Waals surface area contributed by atoms with E-state index >= 15 is 0 Å². The van der Waals surface area contributed by atoms with Crippen LogP contribution in [-0.2, 0) is 11.3 Å². The molecule has 0 aliphatic heterocycles. The Morgan fingerprint density at radius 3 is 2.76 bits per heavy atom. The van der Waals surface area contributed by atoms with Gasteiger partial charge in [-0.05, 0) is 25.0 Å². The first kappa shape index (κ1) is 12.7. The van der Waals surface area contributed by atoms with Gasteiger partial charge in [0, 0.05) is 6.54 Å². The zero-order valence-corrected chi connectivity index (χ0v) is 10.5. The summed E-state index contributed by atoms with van der Waals surface area (Å²) in [6.07, 6.45) is 10.2. The van der Waals surface area contributed by atoms with Gasteiger partial charge in [0.25, 0.3) is 0 Å². The highest BCUT2D eigenvalue weighted by Crippen LogP contribution is 2.19. The number of hydrogen-bond acceptors (Lipinski definition) is 3. The molecular formula is C14H23NO2. The van der Waals surface area contributed by atoms with Crippen molar-refractivity contribution in [3.8, 4) is 0 Å². The van der Waals surface area contributed by atoms with E-state index in [-0.39, 0.29) is 0 Å². The van der Waals surface area contributed by atoms with Crippen LogP contribution in [0, 0.1) is 0 Å². The monoisotopic (exact) mass is 237 g/mol. The molecule has 1 heterocycles. The van der Waals surface area contributed by atoms with Crippen LogP contribution in [0.5, 0.6) is 0 Å². The third-order valence-electron chi connectivity index (χ3n) is 3.31. The summed E-state index contributed by atoms with van der Waals surface area (Å²) in [5, 5.41) is 3.32. The highest BCUT2D eigenvalue weighted by molar-refractivity contribution is 4.97. The quantitative estimate of drug-likeness (QED) is 0.610. The predicted molar refractivity (Wildman–Crippen MR) is 67.9 cm³/mol. The number of hydrogen-bond donors (Lipinski definition) is 1. The molecule has 3 nitrogen and oxygen atoms in total. The van der Waals surface area contributed by atoms with Gasteiger partial charge < -0.3 is 14.5 Å². The molecule has 2 rings (SSSR count). The van der Waals surface area contributed by atoms with E-state index < -0.39 is 0 Å². The average Bonchev–Trinajstić information content (AvgIpc) is 2.72. The molecule has 1 aromatic heterocycles. The Bertz CT molecular complexity index is 276. The first-order chi connectivity index (χ1) is 8.45. The standard InChI is InChI=1S/C14H23NO2/c1-2-4-7-13(6-3-1)17-11-9-15-12-14-8-5-10-16-14/h5,8,10,13,15H,1-4,6-7,9,11-12H2. The molecule has 1 aliphatic rings. The lowest BCUT2D eigenvalue weighted by molar-refractivity contribution is 0.0449. The van der Waals surface area contributed by atoms with Crippen LogP contribution in [0.1, 0.15) is 44.3 Å². The summed E-state index contributed by atoms with van der Waals surface area (Å²) in [7, 11) is 0. The third-order valence-corrected chi connectivity index (χ3v) is 3.31. The van der Waals surface area contributed by atoms with E-state index in [1.807, 2.05) is 12.1 Å². The molecule has 1 aromatic rings. The molecule has 1 saturated carbocycles. The molecule has 0 atom stereocenters. The Hall–Kier alpha value is -0.800. The second-order valence-corrected chi connectivity index (χ2v) is 4.74. The summed E-state index contributed by atoms with van der Waals surface area (Å²) in [6.45, 7) is 2.50. The second kappa shape index (κ2) is 7.51. The van der Waals surface area contributed by atoms with Crippen LogP contribution in [-0.4, -0.2) is 19.3 Å². The van der Waals surface area contributed by atoms with Crippen molar-refractivity contribution in [2.45, 2.75) is 51.2 Å². The van der Waals surface area contributed by atoms with Gasteiger partial charge in [-0.25, -0.2) is 0 Å². The normalized spacial score (nSPS) is 18.1. The predicted octanol–water partition coefficient (Wildman–Crippen LogP) is 3.11. The Balaban J connectivity index is 1.50. The van der Waals surface area contributed by atoms with Gasteiger partial charge in [-0.15, -0.1) is 0 Å². The topological polar surface area (TPSA) is 34.4 Å². The van der Waals surface area contributed by atoms with E-state index in [9.17, 15) is 0 Å². The maximum absolute atomic E-state index is 5.89. The van der Waals surface area contributed by atoms with Gasteiger partial charge >= 0.3 is 0 Å². The first-order valence-electron chi connectivity index (χ1n) is 6.80. The van der Waals surface area contributed by atoms with Crippen LogP contribution in [0.15, 0.2) is 22.8 Å². The summed E-state index contributed by atoms with van der Waals surface area (Å²) in [5.41, 5.74) is 0. The van der Waals surface area contributed by atoms with Crippen molar-refractivity contribution in [2.75, 3.05) is 13.2 Å². The largest absolute Gasteiger partial charge is 0.468 e. The van der Waals surface area contributed by atoms with E-state index in [0.29, 0.717) is 6.10 Å². The molecule has 0 unspecified atom stereocenters. The fraction of sp³-hybridized carbons (Fsp3) is 0.714. The molecule has 0 amide bonds. The smallest absolute Gasteiger partial charge is 0.117 e. The molecule has 0 radical (unpaired) electrons. The average molecular weight is 237 g/mol. The van der Waals surface area contributed by atoms with Crippen molar-refractivity contribution in [2.24, 2.45) is 0 Å². The molecule has 0 aromatic carbocycles. The number of ether oxygens (including phenoxy) is 1. The molecular weight excluding hydrogens is 214 g/mol. The summed E-state index contributed by atoms with van der Waals surface area (Å²) in [6, 6.07) is 3.90. The van der Waals surface area contributed by atoms with Crippen LogP contribution < -0.4 is 5.32 Å². The zero-order chi connectivity index (χ0) is 11.8. The SMILES string of the molecule is c1coc(CNCCOC2CCCCCC2)c1. The summed E-state index contributed by atoms with van der Waals surface area (Å²) >= 11 is 0. The minimum atomic E-state index is 0.503. The fourth-order valence-corrected chi connectivity index (χ4v) is 2.33. The molecule has 1 fully saturated rings. The molecule has 0 spiro atoms. The van der Waals surface area contributed by atoms with Crippen molar-refractivity contribution < 1.29 is 9.15 Å². The Labute approximate surface area is 104 Å². The molecule has 3 heteroatoms. The Morgan fingerprint density at radius 2 is 2.06 bits per heavy atom. The van der Waals surface area contributed by atoms with Crippen molar-refractivity contribution in [1.29, 1.82) is 0 Å². The van der Waals surface area contributed by atoms with E-state index in [1.165, 1.54) is 38.5 Å². The highest BCUT2D eigenvalue weighted by atomic mass is 16.5. The second-order valence-electron chi connectivity index (χ2n) is 4.74. The van der Waals surface area contributed by atoms with Crippen LogP contribution in [0.25, 0.3) is 0 Å². The number of nitrogens with one attached hydrogen (secondary N) is 1. The zero-order valence-electron chi connectivity index (χ0n) is 10.5. The summed E-state index contributed by atoms with van der Waals surface area (Å²) < 4.78 is 11.1. The van der Waals surface area contributed by atoms with E-state index in [1.54, 1.807) is 6.26 Å². The molecule has 17 heavy (non-hydrogen) atoms. The van der Waals surface area contributed by atoms with Crippen LogP contribution in [0.4, 0.5) is 0 Å². The molecule has 1 N–H and O–H groups in total. The van der Waals surface area contributed by atoms with Gasteiger partial charge in [0.2, 0.25) is 0 Å². The van der Waals surface area contributed by atoms with Gasteiger partial charge in [-0.2, -0.15) is 0 Å². The van der Waals surface area contributed by atoms with Gasteiger partial charge in [0.05, 0.1) is 25.5 Å². The van der Waals surface area contributed by atoms with Gasteiger partial charge in [0.1, 0.15) is 5.76 Å². The third kappa shape index (κ3) is 4.92. The molecule has 1 aliphatic carbocycles. The minimum Gasteiger partial charge on any atom is -0.468 e. The highest BCUT2D eigenvalue weighted by Gasteiger charge is 2.11. The van der Waals surface area contributed by atoms with Crippen LogP contribution >= 0.6 is 0 Å². The van der Waals surface area contributed by atoms with Crippen molar-refractivity contribution in [1.82, 2.24) is 5.32 Å². The molecule has 0 bridgehead atoms. The van der Waals surface area contributed by atoms with Crippen LogP contribution in [0.2, 0.25) is 0 Å². The lowest BCUT2D eigenvalue weighted by Crippen LogP contribution is -2.22. The molecule has 96 valence electrons. The summed E-state index contributed by atoms with van der Waals surface area (Å²) in [4.78, 5) is 0. The fourth-order valence-electron chi connectivity index (χ4n) is 2.33. The maximum Gasteiger partial charge on any atom is 0.117 e. The lowest BCUT2D eigenvalue weighted by Gasteiger charge is -2.15. The van der Waals surface area contributed by atoms with Gasteiger partial charge in [-0.1, -0.05) is 25.7 Å². The number of rotatable bonds is 6. The van der Waals surface area contributed by atoms with E-state index in [0.717, 1.165) is 25.5 Å². The van der Waals surface area contributed by atoms with E-state index in [2.05, 4.69) is 5.32 Å². The lowest BCUT2D eigenvalue weighted by atomic mass is 10.1. The van der Waals surface area contributed by atoms with Gasteiger partial charge in [-0.3, -0.25) is 0 Å². The van der Waals surface area contributed by atoms with Crippen LogP contribution in [0.3, 0.4) is 0 Å².